The highest BCUT2D eigenvalue weighted by Crippen LogP contribution is 2.36. The summed E-state index contributed by atoms with van der Waals surface area (Å²) < 4.78 is 5.14. The molecule has 2 unspecified atom stereocenters. The van der Waals surface area contributed by atoms with Crippen LogP contribution >= 0.6 is 0 Å². The van der Waals surface area contributed by atoms with Gasteiger partial charge in [-0.3, -0.25) is 0 Å². The van der Waals surface area contributed by atoms with E-state index in [4.69, 9.17) is 4.42 Å². The van der Waals surface area contributed by atoms with Gasteiger partial charge in [0.15, 0.2) is 0 Å². The van der Waals surface area contributed by atoms with Gasteiger partial charge in [0.1, 0.15) is 0 Å². The molecule has 2 heteroatoms. The minimum absolute atomic E-state index is 0.390. The maximum atomic E-state index is 5.14. The van der Waals surface area contributed by atoms with E-state index in [1.807, 2.05) is 12.3 Å². The molecule has 90 valence electrons. The van der Waals surface area contributed by atoms with Crippen molar-refractivity contribution in [3.63, 3.8) is 0 Å². The molecule has 16 heavy (non-hydrogen) atoms. The Morgan fingerprint density at radius 3 is 2.88 bits per heavy atom. The van der Waals surface area contributed by atoms with Gasteiger partial charge in [0.25, 0.3) is 0 Å². The van der Waals surface area contributed by atoms with Crippen LogP contribution in [0.4, 0.5) is 0 Å². The van der Waals surface area contributed by atoms with Gasteiger partial charge in [-0.2, -0.15) is 0 Å². The lowest BCUT2D eigenvalue weighted by Gasteiger charge is -2.40. The number of hydrogen-bond donors (Lipinski definition) is 1. The van der Waals surface area contributed by atoms with Crippen molar-refractivity contribution < 1.29 is 4.42 Å². The fraction of sp³-hybridized carbons (Fsp3) is 0.714. The summed E-state index contributed by atoms with van der Waals surface area (Å²) in [4.78, 5) is 0. The van der Waals surface area contributed by atoms with Gasteiger partial charge >= 0.3 is 0 Å². The summed E-state index contributed by atoms with van der Waals surface area (Å²) in [6.07, 6.45) is 8.97. The maximum absolute atomic E-state index is 5.14. The highest BCUT2D eigenvalue weighted by Gasteiger charge is 2.32. The van der Waals surface area contributed by atoms with Crippen molar-refractivity contribution in [2.75, 3.05) is 0 Å². The second-order valence-electron chi connectivity index (χ2n) is 5.73. The molecule has 0 saturated heterocycles. The van der Waals surface area contributed by atoms with Crippen molar-refractivity contribution in [3.05, 3.63) is 24.2 Å². The normalized spacial score (nSPS) is 26.6. The molecule has 0 spiro atoms. The van der Waals surface area contributed by atoms with E-state index < -0.39 is 0 Å². The Kier molecular flexibility index (Phi) is 3.38. The zero-order valence-electron chi connectivity index (χ0n) is 10.6. The molecule has 1 aliphatic rings. The smallest absolute Gasteiger partial charge is 0.0950 e. The first-order valence-electron chi connectivity index (χ1n) is 6.38. The highest BCUT2D eigenvalue weighted by atomic mass is 16.3. The van der Waals surface area contributed by atoms with Crippen LogP contribution in [-0.4, -0.2) is 6.04 Å². The van der Waals surface area contributed by atoms with Crippen molar-refractivity contribution >= 4 is 0 Å². The van der Waals surface area contributed by atoms with E-state index in [9.17, 15) is 0 Å². The molecule has 1 aromatic heterocycles. The van der Waals surface area contributed by atoms with Crippen LogP contribution in [0.2, 0.25) is 0 Å². The zero-order valence-corrected chi connectivity index (χ0v) is 10.6. The van der Waals surface area contributed by atoms with Gasteiger partial charge in [0, 0.05) is 17.6 Å². The van der Waals surface area contributed by atoms with E-state index >= 15 is 0 Å². The third kappa shape index (κ3) is 2.49. The SMILES string of the molecule is CC(NC1CCCCC1(C)C)c1ccoc1. The molecule has 2 atom stereocenters. The average molecular weight is 221 g/mol. The summed E-state index contributed by atoms with van der Waals surface area (Å²) in [6, 6.07) is 3.07. The number of nitrogens with one attached hydrogen (secondary N) is 1. The van der Waals surface area contributed by atoms with E-state index in [2.05, 4.69) is 26.1 Å². The van der Waals surface area contributed by atoms with Crippen LogP contribution in [0, 0.1) is 5.41 Å². The summed E-state index contributed by atoms with van der Waals surface area (Å²) >= 11 is 0. The van der Waals surface area contributed by atoms with Gasteiger partial charge in [0.2, 0.25) is 0 Å². The van der Waals surface area contributed by atoms with Gasteiger partial charge in [0.05, 0.1) is 12.5 Å². The van der Waals surface area contributed by atoms with Crippen molar-refractivity contribution in [2.45, 2.75) is 58.5 Å². The molecule has 2 rings (SSSR count). The first-order valence-corrected chi connectivity index (χ1v) is 6.38. The first-order chi connectivity index (χ1) is 7.59. The van der Waals surface area contributed by atoms with Crippen LogP contribution in [0.5, 0.6) is 0 Å². The molecule has 2 nitrogen and oxygen atoms in total. The second-order valence-corrected chi connectivity index (χ2v) is 5.73. The van der Waals surface area contributed by atoms with E-state index in [0.717, 1.165) is 0 Å². The van der Waals surface area contributed by atoms with Crippen LogP contribution in [0.15, 0.2) is 23.0 Å². The van der Waals surface area contributed by atoms with E-state index in [1.54, 1.807) is 6.26 Å². The fourth-order valence-corrected chi connectivity index (χ4v) is 2.72. The Morgan fingerprint density at radius 1 is 1.44 bits per heavy atom. The predicted octanol–water partition coefficient (Wildman–Crippen LogP) is 3.90. The van der Waals surface area contributed by atoms with Gasteiger partial charge in [-0.15, -0.1) is 0 Å². The summed E-state index contributed by atoms with van der Waals surface area (Å²) in [5, 5.41) is 3.75. The molecule has 0 radical (unpaired) electrons. The molecule has 1 heterocycles. The van der Waals surface area contributed by atoms with Crippen molar-refractivity contribution in [1.29, 1.82) is 0 Å². The molecule has 0 bridgehead atoms. The van der Waals surface area contributed by atoms with Crippen LogP contribution < -0.4 is 5.32 Å². The fourth-order valence-electron chi connectivity index (χ4n) is 2.72. The third-order valence-electron chi connectivity index (χ3n) is 4.00. The number of hydrogen-bond acceptors (Lipinski definition) is 2. The minimum Gasteiger partial charge on any atom is -0.472 e. The van der Waals surface area contributed by atoms with Crippen molar-refractivity contribution in [2.24, 2.45) is 5.41 Å². The summed E-state index contributed by atoms with van der Waals surface area (Å²) in [7, 11) is 0. The molecule has 1 fully saturated rings. The van der Waals surface area contributed by atoms with Crippen LogP contribution in [0.1, 0.15) is 58.1 Å². The number of rotatable bonds is 3. The average Bonchev–Trinajstić information content (AvgIpc) is 2.74. The zero-order chi connectivity index (χ0) is 11.6. The molecule has 1 aromatic rings. The lowest BCUT2D eigenvalue weighted by Crippen LogP contribution is -2.45. The van der Waals surface area contributed by atoms with Crippen molar-refractivity contribution in [1.82, 2.24) is 5.32 Å². The largest absolute Gasteiger partial charge is 0.472 e. The molecule has 1 N–H and O–H groups in total. The molecule has 0 amide bonds. The maximum Gasteiger partial charge on any atom is 0.0950 e. The third-order valence-corrected chi connectivity index (χ3v) is 4.00. The minimum atomic E-state index is 0.390. The molecular weight excluding hydrogens is 198 g/mol. The van der Waals surface area contributed by atoms with Crippen LogP contribution in [0.25, 0.3) is 0 Å². The molecule has 1 saturated carbocycles. The van der Waals surface area contributed by atoms with E-state index in [0.29, 0.717) is 17.5 Å². The highest BCUT2D eigenvalue weighted by molar-refractivity contribution is 5.11. The Bertz CT molecular complexity index is 315. The lowest BCUT2D eigenvalue weighted by atomic mass is 9.73. The van der Waals surface area contributed by atoms with Gasteiger partial charge in [-0.25, -0.2) is 0 Å². The quantitative estimate of drug-likeness (QED) is 0.837. The van der Waals surface area contributed by atoms with E-state index in [-0.39, 0.29) is 0 Å². The standard InChI is InChI=1S/C14H23NO/c1-11(12-7-9-16-10-12)15-13-6-4-5-8-14(13,2)3/h7,9-11,13,15H,4-6,8H2,1-3H3. The molecule has 0 aromatic carbocycles. The summed E-state index contributed by atoms with van der Waals surface area (Å²) in [5.41, 5.74) is 1.68. The first kappa shape index (κ1) is 11.7. The monoisotopic (exact) mass is 221 g/mol. The van der Waals surface area contributed by atoms with Gasteiger partial charge in [-0.1, -0.05) is 26.7 Å². The Balaban J connectivity index is 1.98. The summed E-state index contributed by atoms with van der Waals surface area (Å²) in [5.74, 6) is 0. The Labute approximate surface area is 98.4 Å². The summed E-state index contributed by atoms with van der Waals surface area (Å²) in [6.45, 7) is 6.98. The number of furan rings is 1. The molecular formula is C14H23NO. The molecule has 0 aliphatic heterocycles. The van der Waals surface area contributed by atoms with E-state index in [1.165, 1.54) is 31.2 Å². The van der Waals surface area contributed by atoms with Crippen molar-refractivity contribution in [3.8, 4) is 0 Å². The lowest BCUT2D eigenvalue weighted by molar-refractivity contribution is 0.157. The van der Waals surface area contributed by atoms with Gasteiger partial charge in [-0.05, 0) is 31.2 Å². The topological polar surface area (TPSA) is 25.2 Å². The Hall–Kier alpha value is -0.760. The predicted molar refractivity (Wildman–Crippen MR) is 66.3 cm³/mol. The molecule has 1 aliphatic carbocycles. The second kappa shape index (κ2) is 4.62. The Morgan fingerprint density at radius 2 is 2.25 bits per heavy atom. The van der Waals surface area contributed by atoms with Gasteiger partial charge < -0.3 is 9.73 Å². The van der Waals surface area contributed by atoms with Crippen LogP contribution in [0.3, 0.4) is 0 Å². The van der Waals surface area contributed by atoms with Crippen LogP contribution in [-0.2, 0) is 0 Å².